The normalized spacial score (nSPS) is 13.5. The molecule has 0 aliphatic carbocycles. The van der Waals surface area contributed by atoms with Crippen molar-refractivity contribution in [2.45, 2.75) is 58.4 Å². The van der Waals surface area contributed by atoms with Crippen LogP contribution >= 0.6 is 11.8 Å². The molecule has 0 fully saturated rings. The third-order valence-electron chi connectivity index (χ3n) is 4.03. The SMILES string of the molecule is CC(C)/C=C/CNC(=O)CCOCCOCCOC(C)(CCOCCONC(C)C)SC#N. The number of hydrogen-bond donors (Lipinski definition) is 2. The Morgan fingerprint density at radius 1 is 1.00 bits per heavy atom. The van der Waals surface area contributed by atoms with E-state index in [0.717, 1.165) is 11.8 Å². The summed E-state index contributed by atoms with van der Waals surface area (Å²) in [5.41, 5.74) is 2.85. The largest absolute Gasteiger partial charge is 0.379 e. The number of carbonyl (C=O) groups excluding carboxylic acids is 1. The van der Waals surface area contributed by atoms with Crippen LogP contribution in [0.15, 0.2) is 12.2 Å². The Kier molecular flexibility index (Phi) is 20.6. The molecule has 0 aliphatic heterocycles. The standard InChI is InChI=1S/C23H43N3O6S/c1-20(2)7-6-10-25-22(27)8-11-28-13-14-30-15-17-31-23(5,33-19-24)9-12-29-16-18-32-26-21(3)4/h6-7,20-21,26H,8-18H2,1-5H3,(H,25,27)/b7-6+. The molecule has 1 amide bonds. The first-order valence-electron chi connectivity index (χ1n) is 11.5. The molecule has 0 spiro atoms. The number of thioether (sulfide) groups is 1. The Morgan fingerprint density at radius 3 is 2.30 bits per heavy atom. The highest BCUT2D eigenvalue weighted by Crippen LogP contribution is 2.29. The van der Waals surface area contributed by atoms with Gasteiger partial charge in [-0.2, -0.15) is 10.7 Å². The van der Waals surface area contributed by atoms with E-state index in [2.05, 4.69) is 36.1 Å². The van der Waals surface area contributed by atoms with Gasteiger partial charge in [0.05, 0.1) is 52.9 Å². The van der Waals surface area contributed by atoms with Gasteiger partial charge in [0, 0.05) is 25.4 Å². The van der Waals surface area contributed by atoms with Crippen molar-refractivity contribution in [2.24, 2.45) is 5.92 Å². The minimum atomic E-state index is -0.663. The van der Waals surface area contributed by atoms with Crippen molar-refractivity contribution in [3.8, 4) is 5.40 Å². The molecule has 2 N–H and O–H groups in total. The number of thiocyanates is 1. The predicted octanol–water partition coefficient (Wildman–Crippen LogP) is 3.02. The summed E-state index contributed by atoms with van der Waals surface area (Å²) >= 11 is 1.07. The Morgan fingerprint density at radius 2 is 1.64 bits per heavy atom. The zero-order chi connectivity index (χ0) is 24.8. The Hall–Kier alpha value is -1.19. The Bertz CT molecular complexity index is 557. The topological polar surface area (TPSA) is 111 Å². The highest BCUT2D eigenvalue weighted by Gasteiger charge is 2.26. The van der Waals surface area contributed by atoms with Crippen LogP contribution in [0.3, 0.4) is 0 Å². The second-order valence-electron chi connectivity index (χ2n) is 8.11. The van der Waals surface area contributed by atoms with Crippen LogP contribution in [0.25, 0.3) is 0 Å². The molecular formula is C23H43N3O6S. The van der Waals surface area contributed by atoms with E-state index in [9.17, 15) is 4.79 Å². The van der Waals surface area contributed by atoms with Gasteiger partial charge >= 0.3 is 0 Å². The number of hydrogen-bond acceptors (Lipinski definition) is 9. The summed E-state index contributed by atoms with van der Waals surface area (Å²) in [6.07, 6.45) is 4.90. The molecule has 0 aromatic carbocycles. The van der Waals surface area contributed by atoms with Crippen LogP contribution < -0.4 is 10.8 Å². The molecular weight excluding hydrogens is 446 g/mol. The van der Waals surface area contributed by atoms with Gasteiger partial charge < -0.3 is 24.3 Å². The summed E-state index contributed by atoms with van der Waals surface area (Å²) in [7, 11) is 0. The van der Waals surface area contributed by atoms with Crippen LogP contribution in [-0.4, -0.2) is 76.3 Å². The molecule has 0 rings (SSSR count). The zero-order valence-electron chi connectivity index (χ0n) is 20.9. The molecule has 0 saturated heterocycles. The number of hydroxylamine groups is 1. The molecule has 0 heterocycles. The van der Waals surface area contributed by atoms with Crippen LogP contribution in [0.5, 0.6) is 0 Å². The molecule has 9 nitrogen and oxygen atoms in total. The van der Waals surface area contributed by atoms with Gasteiger partial charge in [-0.15, -0.1) is 0 Å². The van der Waals surface area contributed by atoms with Crippen molar-refractivity contribution in [3.63, 3.8) is 0 Å². The second kappa shape index (κ2) is 21.4. The first kappa shape index (κ1) is 31.8. The fraction of sp³-hybridized carbons (Fsp3) is 0.826. The van der Waals surface area contributed by atoms with E-state index in [0.29, 0.717) is 78.2 Å². The van der Waals surface area contributed by atoms with E-state index in [1.165, 1.54) is 0 Å². The van der Waals surface area contributed by atoms with E-state index in [4.69, 9.17) is 29.0 Å². The molecule has 0 saturated carbocycles. The fourth-order valence-corrected chi connectivity index (χ4v) is 2.86. The maximum Gasteiger partial charge on any atom is 0.222 e. The Labute approximate surface area is 203 Å². The molecule has 1 atom stereocenters. The Balaban J connectivity index is 3.71. The summed E-state index contributed by atoms with van der Waals surface area (Å²) < 4.78 is 22.3. The van der Waals surface area contributed by atoms with Crippen molar-refractivity contribution < 1.29 is 28.6 Å². The number of allylic oxidation sites excluding steroid dienone is 1. The molecule has 0 aromatic rings. The number of nitrogens with one attached hydrogen (secondary N) is 2. The van der Waals surface area contributed by atoms with Crippen molar-refractivity contribution in [1.29, 1.82) is 5.26 Å². The lowest BCUT2D eigenvalue weighted by Gasteiger charge is -2.26. The predicted molar refractivity (Wildman–Crippen MR) is 130 cm³/mol. The van der Waals surface area contributed by atoms with E-state index in [-0.39, 0.29) is 11.9 Å². The third-order valence-corrected chi connectivity index (χ3v) is 4.87. The molecule has 33 heavy (non-hydrogen) atoms. The van der Waals surface area contributed by atoms with Gasteiger partial charge in [-0.05, 0) is 38.5 Å². The van der Waals surface area contributed by atoms with Gasteiger partial charge in [-0.1, -0.05) is 26.0 Å². The summed E-state index contributed by atoms with van der Waals surface area (Å²) in [5.74, 6) is 0.446. The number of nitriles is 1. The van der Waals surface area contributed by atoms with Gasteiger partial charge in [0.25, 0.3) is 0 Å². The third kappa shape index (κ3) is 22.4. The molecule has 0 aromatic heterocycles. The molecule has 192 valence electrons. The van der Waals surface area contributed by atoms with E-state index >= 15 is 0 Å². The van der Waals surface area contributed by atoms with Crippen molar-refractivity contribution in [3.05, 3.63) is 12.2 Å². The van der Waals surface area contributed by atoms with E-state index in [1.54, 1.807) is 0 Å². The van der Waals surface area contributed by atoms with Gasteiger partial charge in [-0.3, -0.25) is 9.63 Å². The first-order chi connectivity index (χ1) is 15.8. The number of ether oxygens (including phenoxy) is 4. The maximum absolute atomic E-state index is 11.7. The van der Waals surface area contributed by atoms with Crippen LogP contribution in [0.1, 0.15) is 47.5 Å². The minimum absolute atomic E-state index is 0.0317. The quantitative estimate of drug-likeness (QED) is 0.0779. The smallest absolute Gasteiger partial charge is 0.222 e. The van der Waals surface area contributed by atoms with Gasteiger partial charge in [0.1, 0.15) is 10.3 Å². The van der Waals surface area contributed by atoms with Gasteiger partial charge in [-0.25, -0.2) is 0 Å². The van der Waals surface area contributed by atoms with Crippen LogP contribution in [-0.2, 0) is 28.6 Å². The minimum Gasteiger partial charge on any atom is -0.379 e. The number of rotatable bonds is 22. The number of amides is 1. The highest BCUT2D eigenvalue weighted by molar-refractivity contribution is 8.04. The molecule has 0 aliphatic rings. The lowest BCUT2D eigenvalue weighted by atomic mass is 10.2. The van der Waals surface area contributed by atoms with Crippen LogP contribution in [0.2, 0.25) is 0 Å². The maximum atomic E-state index is 11.7. The zero-order valence-corrected chi connectivity index (χ0v) is 21.7. The molecule has 10 heteroatoms. The van der Waals surface area contributed by atoms with E-state index < -0.39 is 4.93 Å². The first-order valence-corrected chi connectivity index (χ1v) is 12.4. The van der Waals surface area contributed by atoms with Crippen molar-refractivity contribution in [1.82, 2.24) is 10.8 Å². The molecule has 0 radical (unpaired) electrons. The molecule has 1 unspecified atom stereocenters. The van der Waals surface area contributed by atoms with E-state index in [1.807, 2.05) is 26.8 Å². The van der Waals surface area contributed by atoms with Crippen LogP contribution in [0, 0.1) is 16.6 Å². The van der Waals surface area contributed by atoms with Crippen molar-refractivity contribution >= 4 is 17.7 Å². The van der Waals surface area contributed by atoms with Gasteiger partial charge in [0.15, 0.2) is 0 Å². The summed E-state index contributed by atoms with van der Waals surface area (Å²) in [5, 5.41) is 14.0. The van der Waals surface area contributed by atoms with Crippen LogP contribution in [0.4, 0.5) is 0 Å². The molecule has 0 bridgehead atoms. The van der Waals surface area contributed by atoms with Crippen molar-refractivity contribution in [2.75, 3.05) is 59.4 Å². The fourth-order valence-electron chi connectivity index (χ4n) is 2.34. The summed E-state index contributed by atoms with van der Waals surface area (Å²) in [6, 6.07) is 0.260. The number of carbonyl (C=O) groups is 1. The average molecular weight is 490 g/mol. The van der Waals surface area contributed by atoms with Gasteiger partial charge in [0.2, 0.25) is 5.91 Å². The number of nitrogens with zero attached hydrogens (tertiary/aromatic N) is 1. The lowest BCUT2D eigenvalue weighted by Crippen LogP contribution is -2.29. The summed E-state index contributed by atoms with van der Waals surface area (Å²) in [6.45, 7) is 13.9. The highest BCUT2D eigenvalue weighted by atomic mass is 32.2. The lowest BCUT2D eigenvalue weighted by molar-refractivity contribution is -0.122. The average Bonchev–Trinajstić information content (AvgIpc) is 2.75. The monoisotopic (exact) mass is 489 g/mol. The second-order valence-corrected chi connectivity index (χ2v) is 9.36. The summed E-state index contributed by atoms with van der Waals surface area (Å²) in [4.78, 5) is 16.2.